The monoisotopic (exact) mass is 357 g/mol. The first-order chi connectivity index (χ1) is 12.1. The van der Waals surface area contributed by atoms with Gasteiger partial charge in [0.1, 0.15) is 0 Å². The Hall–Kier alpha value is -2.66. The Labute approximate surface area is 149 Å². The van der Waals surface area contributed by atoms with Crippen molar-refractivity contribution in [1.82, 2.24) is 0 Å². The molecule has 1 aromatic heterocycles. The van der Waals surface area contributed by atoms with Crippen molar-refractivity contribution in [2.75, 3.05) is 18.5 Å². The minimum Gasteiger partial charge on any atom is -0.490 e. The average molecular weight is 358 g/mol. The van der Waals surface area contributed by atoms with E-state index in [4.69, 9.17) is 25.5 Å². The number of aryl methyl sites for hydroxylation is 1. The molecule has 5 nitrogen and oxygen atoms in total. The maximum Gasteiger partial charge on any atom is 0.291 e. The van der Waals surface area contributed by atoms with E-state index in [2.05, 4.69) is 5.32 Å². The van der Waals surface area contributed by atoms with Crippen molar-refractivity contribution in [2.45, 2.75) is 13.3 Å². The topological polar surface area (TPSA) is 60.7 Å². The molecule has 1 N–H and O–H groups in total. The lowest BCUT2D eigenvalue weighted by atomic mass is 10.1. The molecule has 0 atom stereocenters. The van der Waals surface area contributed by atoms with E-state index in [0.29, 0.717) is 41.0 Å². The Bertz CT molecular complexity index is 963. The standard InChI is InChI=1S/C19H16ClNO4/c1-11-13-4-2-5-14(20)18(13)25-17(11)19(22)21-12-6-7-15-16(10-12)24-9-3-8-23-15/h2,4-7,10H,3,8-9H2,1H3,(H,21,22). The van der Waals surface area contributed by atoms with E-state index in [1.807, 2.05) is 19.1 Å². The van der Waals surface area contributed by atoms with Crippen molar-refractivity contribution in [3.05, 3.63) is 52.7 Å². The molecule has 1 amide bonds. The van der Waals surface area contributed by atoms with Crippen LogP contribution in [0.1, 0.15) is 22.5 Å². The highest BCUT2D eigenvalue weighted by atomic mass is 35.5. The van der Waals surface area contributed by atoms with Crippen molar-refractivity contribution >= 4 is 34.2 Å². The second kappa shape index (κ2) is 6.33. The Morgan fingerprint density at radius 1 is 1.12 bits per heavy atom. The summed E-state index contributed by atoms with van der Waals surface area (Å²) in [4.78, 5) is 12.6. The normalized spacial score (nSPS) is 13.5. The van der Waals surface area contributed by atoms with E-state index in [1.54, 1.807) is 24.3 Å². The molecule has 0 saturated heterocycles. The molecule has 0 aliphatic carbocycles. The van der Waals surface area contributed by atoms with Crippen molar-refractivity contribution < 1.29 is 18.7 Å². The maximum absolute atomic E-state index is 12.6. The van der Waals surface area contributed by atoms with Gasteiger partial charge in [-0.1, -0.05) is 23.7 Å². The van der Waals surface area contributed by atoms with Crippen LogP contribution in [-0.4, -0.2) is 19.1 Å². The predicted molar refractivity (Wildman–Crippen MR) is 96.0 cm³/mol. The number of amides is 1. The molecule has 6 heteroatoms. The minimum absolute atomic E-state index is 0.246. The minimum atomic E-state index is -0.334. The number of para-hydroxylation sites is 1. The quantitative estimate of drug-likeness (QED) is 0.715. The number of carbonyl (C=O) groups excluding carboxylic acids is 1. The number of anilines is 1. The number of halogens is 1. The van der Waals surface area contributed by atoms with Crippen molar-refractivity contribution in [3.8, 4) is 11.5 Å². The molecular formula is C19H16ClNO4. The fourth-order valence-electron chi connectivity index (χ4n) is 2.85. The number of nitrogens with one attached hydrogen (secondary N) is 1. The van der Waals surface area contributed by atoms with Crippen LogP contribution in [0.15, 0.2) is 40.8 Å². The summed E-state index contributed by atoms with van der Waals surface area (Å²) in [6.45, 7) is 3.05. The zero-order valence-electron chi connectivity index (χ0n) is 13.6. The number of carbonyl (C=O) groups is 1. The van der Waals surface area contributed by atoms with Crippen LogP contribution in [0, 0.1) is 6.92 Å². The van der Waals surface area contributed by atoms with Gasteiger partial charge in [-0.3, -0.25) is 4.79 Å². The van der Waals surface area contributed by atoms with Crippen LogP contribution in [0.4, 0.5) is 5.69 Å². The lowest BCUT2D eigenvalue weighted by Crippen LogP contribution is -2.12. The highest BCUT2D eigenvalue weighted by Crippen LogP contribution is 2.34. The lowest BCUT2D eigenvalue weighted by Gasteiger charge is -2.10. The predicted octanol–water partition coefficient (Wildman–Crippen LogP) is 4.81. The molecule has 25 heavy (non-hydrogen) atoms. The summed E-state index contributed by atoms with van der Waals surface area (Å²) < 4.78 is 16.9. The molecule has 0 unspecified atom stereocenters. The van der Waals surface area contributed by atoms with Crippen LogP contribution in [-0.2, 0) is 0 Å². The van der Waals surface area contributed by atoms with E-state index < -0.39 is 0 Å². The summed E-state index contributed by atoms with van der Waals surface area (Å²) in [5.74, 6) is 1.22. The van der Waals surface area contributed by atoms with Gasteiger partial charge in [0, 0.05) is 29.1 Å². The summed E-state index contributed by atoms with van der Waals surface area (Å²) in [6, 6.07) is 10.8. The summed E-state index contributed by atoms with van der Waals surface area (Å²) in [5.41, 5.74) is 1.88. The lowest BCUT2D eigenvalue weighted by molar-refractivity contribution is 0.0998. The number of ether oxygens (including phenoxy) is 2. The fraction of sp³-hybridized carbons (Fsp3) is 0.211. The summed E-state index contributed by atoms with van der Waals surface area (Å²) >= 11 is 6.15. The molecule has 4 rings (SSSR count). The number of rotatable bonds is 2. The molecule has 1 aliphatic rings. The molecule has 0 saturated carbocycles. The number of benzene rings is 2. The van der Waals surface area contributed by atoms with Gasteiger partial charge in [-0.05, 0) is 25.1 Å². The first-order valence-corrected chi connectivity index (χ1v) is 8.40. The third kappa shape index (κ3) is 2.91. The molecule has 2 aromatic carbocycles. The number of hydrogen-bond donors (Lipinski definition) is 1. The molecule has 128 valence electrons. The summed E-state index contributed by atoms with van der Waals surface area (Å²) in [5, 5.41) is 4.15. The number of furan rings is 1. The smallest absolute Gasteiger partial charge is 0.291 e. The van der Waals surface area contributed by atoms with Crippen LogP contribution < -0.4 is 14.8 Å². The van der Waals surface area contributed by atoms with E-state index in [1.165, 1.54) is 0 Å². The second-order valence-corrected chi connectivity index (χ2v) is 6.25. The Balaban J connectivity index is 1.63. The van der Waals surface area contributed by atoms with Gasteiger partial charge >= 0.3 is 0 Å². The first kappa shape index (κ1) is 15.8. The summed E-state index contributed by atoms with van der Waals surface area (Å²) in [6.07, 6.45) is 0.829. The van der Waals surface area contributed by atoms with Gasteiger partial charge < -0.3 is 19.2 Å². The third-order valence-electron chi connectivity index (χ3n) is 4.13. The van der Waals surface area contributed by atoms with Crippen molar-refractivity contribution in [1.29, 1.82) is 0 Å². The van der Waals surface area contributed by atoms with Crippen LogP contribution in [0.2, 0.25) is 5.02 Å². The molecule has 3 aromatic rings. The molecule has 0 spiro atoms. The molecule has 0 bridgehead atoms. The Morgan fingerprint density at radius 3 is 2.72 bits per heavy atom. The largest absolute Gasteiger partial charge is 0.490 e. The molecule has 2 heterocycles. The van der Waals surface area contributed by atoms with Gasteiger partial charge in [-0.15, -0.1) is 0 Å². The second-order valence-electron chi connectivity index (χ2n) is 5.84. The Kier molecular flexibility index (Phi) is 4.01. The van der Waals surface area contributed by atoms with Crippen molar-refractivity contribution in [3.63, 3.8) is 0 Å². The SMILES string of the molecule is Cc1c(C(=O)Nc2ccc3c(c2)OCCCO3)oc2c(Cl)cccc12. The van der Waals surface area contributed by atoms with Gasteiger partial charge in [0.05, 0.1) is 18.2 Å². The molecule has 0 fully saturated rings. The highest BCUT2D eigenvalue weighted by molar-refractivity contribution is 6.35. The van der Waals surface area contributed by atoms with Crippen LogP contribution in [0.5, 0.6) is 11.5 Å². The van der Waals surface area contributed by atoms with E-state index in [0.717, 1.165) is 17.4 Å². The van der Waals surface area contributed by atoms with Crippen LogP contribution >= 0.6 is 11.6 Å². The van der Waals surface area contributed by atoms with Gasteiger partial charge in [0.2, 0.25) is 0 Å². The summed E-state index contributed by atoms with van der Waals surface area (Å²) in [7, 11) is 0. The molecule has 0 radical (unpaired) electrons. The van der Waals surface area contributed by atoms with Gasteiger partial charge in [0.25, 0.3) is 5.91 Å². The zero-order valence-corrected chi connectivity index (χ0v) is 14.4. The zero-order chi connectivity index (χ0) is 17.4. The van der Waals surface area contributed by atoms with Gasteiger partial charge in [0.15, 0.2) is 22.8 Å². The number of hydrogen-bond acceptors (Lipinski definition) is 4. The van der Waals surface area contributed by atoms with Crippen LogP contribution in [0.3, 0.4) is 0 Å². The number of fused-ring (bicyclic) bond motifs is 2. The van der Waals surface area contributed by atoms with E-state index in [-0.39, 0.29) is 11.7 Å². The molecular weight excluding hydrogens is 342 g/mol. The maximum atomic E-state index is 12.6. The Morgan fingerprint density at radius 2 is 1.92 bits per heavy atom. The van der Waals surface area contributed by atoms with E-state index in [9.17, 15) is 4.79 Å². The van der Waals surface area contributed by atoms with E-state index >= 15 is 0 Å². The first-order valence-electron chi connectivity index (χ1n) is 8.02. The molecule has 1 aliphatic heterocycles. The van der Waals surface area contributed by atoms with Gasteiger partial charge in [-0.2, -0.15) is 0 Å². The van der Waals surface area contributed by atoms with Crippen molar-refractivity contribution in [2.24, 2.45) is 0 Å². The fourth-order valence-corrected chi connectivity index (χ4v) is 3.07. The third-order valence-corrected chi connectivity index (χ3v) is 4.42. The highest BCUT2D eigenvalue weighted by Gasteiger charge is 2.20. The average Bonchev–Trinajstić information content (AvgIpc) is 2.79. The van der Waals surface area contributed by atoms with Crippen LogP contribution in [0.25, 0.3) is 11.0 Å². The van der Waals surface area contributed by atoms with Gasteiger partial charge in [-0.25, -0.2) is 0 Å².